The van der Waals surface area contributed by atoms with E-state index in [4.69, 9.17) is 0 Å². The first-order chi connectivity index (χ1) is 11.8. The van der Waals surface area contributed by atoms with Gasteiger partial charge in [0.15, 0.2) is 5.96 Å². The average Bonchev–Trinajstić information content (AvgIpc) is 3.09. The third kappa shape index (κ3) is 5.84. The second-order valence-electron chi connectivity index (χ2n) is 6.66. The number of carbonyl (C=O) groups excluding carboxylic acids is 1. The fourth-order valence-electron chi connectivity index (χ4n) is 3.54. The van der Waals surface area contributed by atoms with Gasteiger partial charge in [0.25, 0.3) is 0 Å². The smallest absolute Gasteiger partial charge is 0.224 e. The highest BCUT2D eigenvalue weighted by molar-refractivity contribution is 14.0. The van der Waals surface area contributed by atoms with Crippen LogP contribution in [-0.4, -0.2) is 42.9 Å². The van der Waals surface area contributed by atoms with Crippen molar-refractivity contribution in [1.82, 2.24) is 15.5 Å². The molecule has 0 aromatic carbocycles. The molecule has 1 aromatic rings. The van der Waals surface area contributed by atoms with Crippen LogP contribution in [0.3, 0.4) is 0 Å². The van der Waals surface area contributed by atoms with Crippen molar-refractivity contribution in [3.63, 3.8) is 0 Å². The minimum atomic E-state index is 0. The maximum atomic E-state index is 12.4. The monoisotopic (exact) mass is 476 g/mol. The average molecular weight is 476 g/mol. The molecule has 7 heteroatoms. The van der Waals surface area contributed by atoms with Crippen molar-refractivity contribution in [3.8, 4) is 0 Å². The van der Waals surface area contributed by atoms with Crippen molar-refractivity contribution in [3.05, 3.63) is 21.9 Å². The lowest BCUT2D eigenvalue weighted by molar-refractivity contribution is -0.131. The maximum absolute atomic E-state index is 12.4. The topological polar surface area (TPSA) is 56.7 Å². The molecule has 2 N–H and O–H groups in total. The largest absolute Gasteiger partial charge is 0.356 e. The molecule has 0 unspecified atom stereocenters. The molecule has 0 atom stereocenters. The fraction of sp³-hybridized carbons (Fsp3) is 0.667. The van der Waals surface area contributed by atoms with Crippen LogP contribution in [0.1, 0.15) is 49.0 Å². The number of aliphatic imine (C=N–C) groups is 1. The lowest BCUT2D eigenvalue weighted by Crippen LogP contribution is -2.45. The van der Waals surface area contributed by atoms with Gasteiger partial charge in [-0.1, -0.05) is 19.3 Å². The third-order valence-corrected chi connectivity index (χ3v) is 5.98. The number of nitrogens with zero attached hydrogens (tertiary/aromatic N) is 2. The standard InChI is InChI=1S/C18H28N4OS.HI/c1-19-18(21-15-5-3-2-4-6-15)20-10-7-17(23)22-11-8-16-14(13-22)9-12-24-16;/h9,12,15H,2-8,10-11,13H2,1H3,(H2,19,20,21);1H. The Labute approximate surface area is 171 Å². The number of amides is 1. The number of nitrogens with one attached hydrogen (secondary N) is 2. The van der Waals surface area contributed by atoms with Gasteiger partial charge in [0, 0.05) is 44.0 Å². The first-order valence-electron chi connectivity index (χ1n) is 9.06. The molecule has 1 aromatic heterocycles. The van der Waals surface area contributed by atoms with E-state index < -0.39 is 0 Å². The Balaban J connectivity index is 0.00000225. The number of thiophene rings is 1. The summed E-state index contributed by atoms with van der Waals surface area (Å²) in [6.45, 7) is 2.26. The van der Waals surface area contributed by atoms with Crippen molar-refractivity contribution < 1.29 is 4.79 Å². The molecule has 1 saturated carbocycles. The van der Waals surface area contributed by atoms with Gasteiger partial charge in [-0.2, -0.15) is 0 Å². The van der Waals surface area contributed by atoms with Gasteiger partial charge < -0.3 is 15.5 Å². The molecule has 5 nitrogen and oxygen atoms in total. The molecule has 0 saturated heterocycles. The number of carbonyl (C=O) groups is 1. The van der Waals surface area contributed by atoms with Crippen LogP contribution in [0.2, 0.25) is 0 Å². The van der Waals surface area contributed by atoms with Crippen molar-refractivity contribution in [1.29, 1.82) is 0 Å². The van der Waals surface area contributed by atoms with Crippen LogP contribution in [0.25, 0.3) is 0 Å². The summed E-state index contributed by atoms with van der Waals surface area (Å²) in [6.07, 6.45) is 7.90. The zero-order chi connectivity index (χ0) is 16.8. The Hall–Kier alpha value is -0.830. The van der Waals surface area contributed by atoms with E-state index in [1.54, 1.807) is 18.4 Å². The van der Waals surface area contributed by atoms with Gasteiger partial charge in [0.05, 0.1) is 0 Å². The summed E-state index contributed by atoms with van der Waals surface area (Å²) in [5, 5.41) is 8.90. The zero-order valence-corrected chi connectivity index (χ0v) is 18.1. The van der Waals surface area contributed by atoms with E-state index >= 15 is 0 Å². The van der Waals surface area contributed by atoms with Crippen LogP contribution in [0.5, 0.6) is 0 Å². The number of hydrogen-bond donors (Lipinski definition) is 2. The molecule has 2 aliphatic rings. The quantitative estimate of drug-likeness (QED) is 0.399. The predicted molar refractivity (Wildman–Crippen MR) is 115 cm³/mol. The van der Waals surface area contributed by atoms with E-state index in [2.05, 4.69) is 27.1 Å². The normalized spacial score (nSPS) is 18.3. The van der Waals surface area contributed by atoms with Crippen LogP contribution >= 0.6 is 35.3 Å². The Morgan fingerprint density at radius 3 is 2.92 bits per heavy atom. The highest BCUT2D eigenvalue weighted by Crippen LogP contribution is 2.24. The van der Waals surface area contributed by atoms with Gasteiger partial charge in [-0.05, 0) is 36.3 Å². The van der Waals surface area contributed by atoms with Crippen LogP contribution in [0, 0.1) is 0 Å². The van der Waals surface area contributed by atoms with Crippen LogP contribution in [-0.2, 0) is 17.8 Å². The summed E-state index contributed by atoms with van der Waals surface area (Å²) in [5.41, 5.74) is 1.32. The number of halogens is 1. The molecule has 3 rings (SSSR count). The van der Waals surface area contributed by atoms with E-state index in [-0.39, 0.29) is 29.9 Å². The Morgan fingerprint density at radius 2 is 2.16 bits per heavy atom. The summed E-state index contributed by atoms with van der Waals surface area (Å²) in [5.74, 6) is 1.06. The zero-order valence-electron chi connectivity index (χ0n) is 14.9. The van der Waals surface area contributed by atoms with E-state index in [1.807, 2.05) is 4.90 Å². The molecular weight excluding hydrogens is 447 g/mol. The van der Waals surface area contributed by atoms with E-state index in [9.17, 15) is 4.79 Å². The van der Waals surface area contributed by atoms with Crippen molar-refractivity contribution in [2.75, 3.05) is 20.1 Å². The molecule has 0 spiro atoms. The fourth-order valence-corrected chi connectivity index (χ4v) is 4.43. The molecule has 1 aliphatic heterocycles. The van der Waals surface area contributed by atoms with Gasteiger partial charge in [0.1, 0.15) is 0 Å². The lowest BCUT2D eigenvalue weighted by Gasteiger charge is -2.27. The predicted octanol–water partition coefficient (Wildman–Crippen LogP) is 3.14. The number of fused-ring (bicyclic) bond motifs is 1. The first kappa shape index (κ1) is 20.5. The van der Waals surface area contributed by atoms with Crippen LogP contribution < -0.4 is 10.6 Å². The third-order valence-electron chi connectivity index (χ3n) is 4.96. The molecule has 1 fully saturated rings. The second kappa shape index (κ2) is 10.4. The maximum Gasteiger partial charge on any atom is 0.224 e. The minimum Gasteiger partial charge on any atom is -0.356 e. The molecule has 2 heterocycles. The van der Waals surface area contributed by atoms with Gasteiger partial charge in [-0.3, -0.25) is 9.79 Å². The van der Waals surface area contributed by atoms with E-state index in [1.165, 1.54) is 42.5 Å². The molecule has 0 radical (unpaired) electrons. The summed E-state index contributed by atoms with van der Waals surface area (Å²) >= 11 is 1.81. The number of guanidine groups is 1. The number of hydrogen-bond acceptors (Lipinski definition) is 3. The summed E-state index contributed by atoms with van der Waals surface area (Å²) < 4.78 is 0. The van der Waals surface area contributed by atoms with Crippen LogP contribution in [0.15, 0.2) is 16.4 Å². The SMILES string of the molecule is CN=C(NCCC(=O)N1CCc2sccc2C1)NC1CCCCC1.I. The van der Waals surface area contributed by atoms with Gasteiger partial charge >= 0.3 is 0 Å². The molecule has 140 valence electrons. The molecule has 25 heavy (non-hydrogen) atoms. The highest BCUT2D eigenvalue weighted by Gasteiger charge is 2.21. The Morgan fingerprint density at radius 1 is 1.36 bits per heavy atom. The minimum absolute atomic E-state index is 0. The van der Waals surface area contributed by atoms with Crippen molar-refractivity contribution >= 4 is 47.2 Å². The van der Waals surface area contributed by atoms with Gasteiger partial charge in [-0.25, -0.2) is 0 Å². The summed E-state index contributed by atoms with van der Waals surface area (Å²) in [4.78, 5) is 20.1. The molecular formula is C18H29IN4OS. The summed E-state index contributed by atoms with van der Waals surface area (Å²) in [6, 6.07) is 2.67. The molecule has 1 aliphatic carbocycles. The van der Waals surface area contributed by atoms with E-state index in [0.717, 1.165) is 25.5 Å². The lowest BCUT2D eigenvalue weighted by atomic mass is 9.96. The van der Waals surface area contributed by atoms with Gasteiger partial charge in [-0.15, -0.1) is 35.3 Å². The van der Waals surface area contributed by atoms with Gasteiger partial charge in [0.2, 0.25) is 5.91 Å². The number of rotatable bonds is 4. The van der Waals surface area contributed by atoms with Crippen molar-refractivity contribution in [2.24, 2.45) is 4.99 Å². The molecule has 0 bridgehead atoms. The summed E-state index contributed by atoms with van der Waals surface area (Å²) in [7, 11) is 1.79. The van der Waals surface area contributed by atoms with E-state index in [0.29, 0.717) is 19.0 Å². The van der Waals surface area contributed by atoms with Crippen molar-refractivity contribution in [2.45, 2.75) is 57.5 Å². The first-order valence-corrected chi connectivity index (χ1v) is 9.94. The molecule has 1 amide bonds. The second-order valence-corrected chi connectivity index (χ2v) is 7.66. The van der Waals surface area contributed by atoms with Crippen LogP contribution in [0.4, 0.5) is 0 Å². The Bertz CT molecular complexity index is 583. The Kier molecular flexibility index (Phi) is 8.48. The highest BCUT2D eigenvalue weighted by atomic mass is 127.